The number of methoxy groups -OCH3 is 1. The van der Waals surface area contributed by atoms with Gasteiger partial charge in [0.1, 0.15) is 17.4 Å². The van der Waals surface area contributed by atoms with E-state index in [1.807, 2.05) is 0 Å². The summed E-state index contributed by atoms with van der Waals surface area (Å²) < 4.78 is 35.2. The molecule has 140 valence electrons. The van der Waals surface area contributed by atoms with Crippen molar-refractivity contribution in [1.29, 1.82) is 0 Å². The van der Waals surface area contributed by atoms with Crippen molar-refractivity contribution in [2.24, 2.45) is 12.8 Å². The van der Waals surface area contributed by atoms with Crippen LogP contribution in [0.5, 0.6) is 5.75 Å². The number of nitrogens with two attached hydrogens (primary N) is 1. The van der Waals surface area contributed by atoms with E-state index < -0.39 is 17.7 Å². The van der Waals surface area contributed by atoms with Crippen LogP contribution in [0.3, 0.4) is 0 Å². The molecule has 0 atom stereocenters. The number of ether oxygens (including phenoxy) is 1. The van der Waals surface area contributed by atoms with Crippen LogP contribution >= 0.6 is 15.9 Å². The van der Waals surface area contributed by atoms with Gasteiger partial charge >= 0.3 is 6.03 Å². The van der Waals surface area contributed by atoms with E-state index in [9.17, 15) is 13.6 Å². The lowest BCUT2D eigenvalue weighted by Gasteiger charge is -2.22. The Morgan fingerprint density at radius 3 is 2.56 bits per heavy atom. The van der Waals surface area contributed by atoms with Crippen LogP contribution in [0.4, 0.5) is 25.0 Å². The highest BCUT2D eigenvalue weighted by Gasteiger charge is 2.22. The van der Waals surface area contributed by atoms with E-state index in [4.69, 9.17) is 10.5 Å². The molecule has 0 bridgehead atoms. The van der Waals surface area contributed by atoms with Gasteiger partial charge in [0.15, 0.2) is 0 Å². The van der Waals surface area contributed by atoms with Crippen LogP contribution in [0.2, 0.25) is 0 Å². The first kappa shape index (κ1) is 18.8. The van der Waals surface area contributed by atoms with Crippen LogP contribution in [-0.4, -0.2) is 22.9 Å². The fourth-order valence-electron chi connectivity index (χ4n) is 2.78. The van der Waals surface area contributed by atoms with Crippen molar-refractivity contribution >= 4 is 33.3 Å². The number of aromatic nitrogens is 2. The highest BCUT2D eigenvalue weighted by molar-refractivity contribution is 9.10. The fraction of sp³-hybridized carbons (Fsp3) is 0.111. The minimum absolute atomic E-state index is 0.163. The van der Waals surface area contributed by atoms with Crippen molar-refractivity contribution in [3.8, 4) is 17.0 Å². The maximum atomic E-state index is 14.3. The minimum Gasteiger partial charge on any atom is -0.496 e. The number of aryl methyl sites for hydroxylation is 1. The molecule has 27 heavy (non-hydrogen) atoms. The Morgan fingerprint density at radius 1 is 1.26 bits per heavy atom. The Kier molecular flexibility index (Phi) is 5.13. The first-order valence-corrected chi connectivity index (χ1v) is 8.53. The average Bonchev–Trinajstić information content (AvgIpc) is 2.95. The number of carbonyl (C=O) groups excluding carboxylic acids is 1. The number of primary amides is 1. The lowest BCUT2D eigenvalue weighted by molar-refractivity contribution is 0.256. The third-order valence-electron chi connectivity index (χ3n) is 3.96. The third-order valence-corrected chi connectivity index (χ3v) is 4.54. The van der Waals surface area contributed by atoms with Gasteiger partial charge in [-0.15, -0.1) is 0 Å². The number of halogens is 3. The van der Waals surface area contributed by atoms with Crippen molar-refractivity contribution in [1.82, 2.24) is 9.78 Å². The monoisotopic (exact) mass is 436 g/mol. The number of rotatable bonds is 4. The molecule has 0 radical (unpaired) electrons. The molecule has 3 rings (SSSR count). The molecule has 0 saturated carbocycles. The topological polar surface area (TPSA) is 73.4 Å². The van der Waals surface area contributed by atoms with E-state index in [2.05, 4.69) is 21.0 Å². The van der Waals surface area contributed by atoms with Crippen LogP contribution < -0.4 is 15.4 Å². The average molecular weight is 437 g/mol. The van der Waals surface area contributed by atoms with E-state index in [-0.39, 0.29) is 11.4 Å². The molecule has 0 aliphatic heterocycles. The molecule has 0 unspecified atom stereocenters. The van der Waals surface area contributed by atoms with Crippen LogP contribution in [0.15, 0.2) is 47.1 Å². The zero-order valence-corrected chi connectivity index (χ0v) is 16.0. The van der Waals surface area contributed by atoms with E-state index in [1.165, 1.54) is 7.11 Å². The molecule has 0 spiro atoms. The van der Waals surface area contributed by atoms with Gasteiger partial charge < -0.3 is 10.5 Å². The summed E-state index contributed by atoms with van der Waals surface area (Å²) in [6.07, 6.45) is 1.62. The predicted molar refractivity (Wildman–Crippen MR) is 101 cm³/mol. The number of nitrogens with zero attached hydrogens (tertiary/aromatic N) is 3. The van der Waals surface area contributed by atoms with Gasteiger partial charge in [0.05, 0.1) is 34.8 Å². The number of anilines is 2. The Balaban J connectivity index is 2.20. The molecule has 3 aromatic rings. The lowest BCUT2D eigenvalue weighted by Crippen LogP contribution is -2.32. The molecule has 0 saturated heterocycles. The molecule has 0 aliphatic carbocycles. The third kappa shape index (κ3) is 3.50. The predicted octanol–water partition coefficient (Wildman–Crippen LogP) is 4.35. The van der Waals surface area contributed by atoms with Gasteiger partial charge in [0.25, 0.3) is 0 Å². The standard InChI is InChI=1S/C18H15BrF2N4O2/c1-24-17(13(19)9-23-24)12-8-11(4-6-16(12)27-2)25(18(22)26)15-5-3-10(20)7-14(15)21/h3-9H,1-2H3,(H2,22,26). The molecule has 1 heterocycles. The molecular weight excluding hydrogens is 422 g/mol. The zero-order chi connectivity index (χ0) is 19.7. The molecule has 2 N–H and O–H groups in total. The summed E-state index contributed by atoms with van der Waals surface area (Å²) in [5.41, 5.74) is 6.90. The second kappa shape index (κ2) is 7.36. The first-order chi connectivity index (χ1) is 12.8. The number of hydrogen-bond acceptors (Lipinski definition) is 3. The Bertz CT molecular complexity index is 1000. The number of benzene rings is 2. The summed E-state index contributed by atoms with van der Waals surface area (Å²) in [5, 5.41) is 4.17. The van der Waals surface area contributed by atoms with E-state index >= 15 is 0 Å². The van der Waals surface area contributed by atoms with Gasteiger partial charge in [-0.3, -0.25) is 9.58 Å². The summed E-state index contributed by atoms with van der Waals surface area (Å²) in [6, 6.07) is 6.78. The molecule has 2 amide bonds. The van der Waals surface area contributed by atoms with Gasteiger partial charge in [-0.25, -0.2) is 13.6 Å². The van der Waals surface area contributed by atoms with Gasteiger partial charge in [-0.05, 0) is 46.3 Å². The number of urea groups is 1. The molecule has 2 aromatic carbocycles. The van der Waals surface area contributed by atoms with Crippen molar-refractivity contribution in [2.75, 3.05) is 12.0 Å². The van der Waals surface area contributed by atoms with E-state index in [0.717, 1.165) is 17.0 Å². The van der Waals surface area contributed by atoms with Gasteiger partial charge in [-0.1, -0.05) is 0 Å². The SMILES string of the molecule is COc1ccc(N(C(N)=O)c2ccc(F)cc2F)cc1-c1c(Br)cnn1C. The summed E-state index contributed by atoms with van der Waals surface area (Å²) in [7, 11) is 3.26. The highest BCUT2D eigenvalue weighted by atomic mass is 79.9. The summed E-state index contributed by atoms with van der Waals surface area (Å²) in [5.74, 6) is -1.14. The summed E-state index contributed by atoms with van der Waals surface area (Å²) in [6.45, 7) is 0. The molecule has 0 aliphatic rings. The Hall–Kier alpha value is -2.94. The van der Waals surface area contributed by atoms with Crippen molar-refractivity contribution in [2.45, 2.75) is 0 Å². The maximum Gasteiger partial charge on any atom is 0.323 e. The Morgan fingerprint density at radius 2 is 2.00 bits per heavy atom. The van der Waals surface area contributed by atoms with Gasteiger partial charge in [0.2, 0.25) is 0 Å². The van der Waals surface area contributed by atoms with Crippen LogP contribution in [0.25, 0.3) is 11.3 Å². The minimum atomic E-state index is -0.916. The largest absolute Gasteiger partial charge is 0.496 e. The summed E-state index contributed by atoms with van der Waals surface area (Å²) in [4.78, 5) is 13.0. The zero-order valence-electron chi connectivity index (χ0n) is 14.4. The smallest absolute Gasteiger partial charge is 0.323 e. The van der Waals surface area contributed by atoms with Gasteiger partial charge in [0, 0.05) is 18.7 Å². The molecule has 6 nitrogen and oxygen atoms in total. The van der Waals surface area contributed by atoms with Crippen molar-refractivity contribution in [3.05, 3.63) is 58.7 Å². The lowest BCUT2D eigenvalue weighted by atomic mass is 10.1. The normalized spacial score (nSPS) is 10.7. The van der Waals surface area contributed by atoms with E-state index in [1.54, 1.807) is 36.1 Å². The molecular formula is C18H15BrF2N4O2. The van der Waals surface area contributed by atoms with Gasteiger partial charge in [-0.2, -0.15) is 5.10 Å². The quantitative estimate of drug-likeness (QED) is 0.660. The fourth-order valence-corrected chi connectivity index (χ4v) is 3.34. The second-order valence-corrected chi connectivity index (χ2v) is 6.47. The Labute approximate surface area is 162 Å². The first-order valence-electron chi connectivity index (χ1n) is 7.74. The number of hydrogen-bond donors (Lipinski definition) is 1. The van der Waals surface area contributed by atoms with Crippen LogP contribution in [0, 0.1) is 11.6 Å². The molecule has 0 fully saturated rings. The molecule has 9 heteroatoms. The van der Waals surface area contributed by atoms with Crippen LogP contribution in [-0.2, 0) is 7.05 Å². The maximum absolute atomic E-state index is 14.3. The van der Waals surface area contributed by atoms with Crippen molar-refractivity contribution < 1.29 is 18.3 Å². The van der Waals surface area contributed by atoms with Crippen LogP contribution in [0.1, 0.15) is 0 Å². The van der Waals surface area contributed by atoms with Crippen molar-refractivity contribution in [3.63, 3.8) is 0 Å². The summed E-state index contributed by atoms with van der Waals surface area (Å²) >= 11 is 3.43. The molecule has 1 aromatic heterocycles. The number of carbonyl (C=O) groups is 1. The van der Waals surface area contributed by atoms with E-state index in [0.29, 0.717) is 27.5 Å². The number of amides is 2. The highest BCUT2D eigenvalue weighted by Crippen LogP contribution is 2.39. The second-order valence-electron chi connectivity index (χ2n) is 5.62.